The van der Waals surface area contributed by atoms with E-state index in [-0.39, 0.29) is 12.3 Å². The van der Waals surface area contributed by atoms with Crippen LogP contribution in [0.25, 0.3) is 0 Å². The van der Waals surface area contributed by atoms with Gasteiger partial charge in [0.15, 0.2) is 5.78 Å². The molecule has 0 saturated carbocycles. The number of H-pyrrole nitrogens is 1. The molecule has 100 valence electrons. The van der Waals surface area contributed by atoms with Crippen molar-refractivity contribution in [2.24, 2.45) is 7.05 Å². The molecule has 0 aliphatic rings. The molecule has 2 aromatic rings. The number of hydrogen-bond acceptors (Lipinski definition) is 3. The van der Waals surface area contributed by atoms with Crippen molar-refractivity contribution in [3.8, 4) is 0 Å². The Balaban J connectivity index is 2.31. The summed E-state index contributed by atoms with van der Waals surface area (Å²) in [6.07, 6.45) is 5.41. The summed E-state index contributed by atoms with van der Waals surface area (Å²) in [6.45, 7) is 1.74. The Morgan fingerprint density at radius 1 is 1.32 bits per heavy atom. The van der Waals surface area contributed by atoms with Crippen LogP contribution in [-0.4, -0.2) is 19.9 Å². The van der Waals surface area contributed by atoms with E-state index in [0.717, 1.165) is 0 Å². The summed E-state index contributed by atoms with van der Waals surface area (Å²) in [5.41, 5.74) is 0.0708. The van der Waals surface area contributed by atoms with Gasteiger partial charge in [-0.1, -0.05) is 6.92 Å². The molecule has 0 atom stereocenters. The van der Waals surface area contributed by atoms with Gasteiger partial charge in [0.2, 0.25) is 0 Å². The summed E-state index contributed by atoms with van der Waals surface area (Å²) in [5, 5.41) is 0. The van der Waals surface area contributed by atoms with Crippen molar-refractivity contribution in [2.75, 3.05) is 0 Å². The highest BCUT2D eigenvalue weighted by molar-refractivity contribution is 5.95. The predicted octanol–water partition coefficient (Wildman–Crippen LogP) is 0.320. The number of aryl methyl sites for hydroxylation is 2. The van der Waals surface area contributed by atoms with Crippen LogP contribution in [-0.2, 0) is 20.0 Å². The second kappa shape index (κ2) is 5.09. The van der Waals surface area contributed by atoms with Crippen molar-refractivity contribution in [3.63, 3.8) is 0 Å². The standard InChI is InChI=1S/C13H15N3O3/c1-3-9-7-16(13(19)14-12(9)18)8-11(17)10-4-5-15(2)6-10/h4-7H,3,8H2,1-2H3,(H,14,18,19). The first kappa shape index (κ1) is 13.1. The topological polar surface area (TPSA) is 76.9 Å². The van der Waals surface area contributed by atoms with E-state index in [2.05, 4.69) is 4.98 Å². The van der Waals surface area contributed by atoms with E-state index in [4.69, 9.17) is 0 Å². The van der Waals surface area contributed by atoms with Crippen molar-refractivity contribution >= 4 is 5.78 Å². The Kier molecular flexibility index (Phi) is 3.50. The molecule has 0 spiro atoms. The molecule has 1 N–H and O–H groups in total. The maximum atomic E-state index is 12.0. The van der Waals surface area contributed by atoms with Gasteiger partial charge in [0.25, 0.3) is 5.56 Å². The molecular formula is C13H15N3O3. The molecule has 0 aromatic carbocycles. The lowest BCUT2D eigenvalue weighted by molar-refractivity contribution is 0.0970. The van der Waals surface area contributed by atoms with Gasteiger partial charge in [-0.3, -0.25) is 19.1 Å². The second-order valence-electron chi connectivity index (χ2n) is 4.38. The van der Waals surface area contributed by atoms with Crippen LogP contribution in [0.4, 0.5) is 0 Å². The molecule has 0 fully saturated rings. The molecule has 0 unspecified atom stereocenters. The number of rotatable bonds is 4. The molecule has 0 amide bonds. The van der Waals surface area contributed by atoms with Gasteiger partial charge in [-0.25, -0.2) is 4.79 Å². The van der Waals surface area contributed by atoms with Gasteiger partial charge in [0.05, 0.1) is 6.54 Å². The summed E-state index contributed by atoms with van der Waals surface area (Å²) < 4.78 is 3.00. The first-order chi connectivity index (χ1) is 9.01. The number of hydrogen-bond donors (Lipinski definition) is 1. The molecule has 6 nitrogen and oxygen atoms in total. The number of aromatic amines is 1. The number of nitrogens with one attached hydrogen (secondary N) is 1. The average molecular weight is 261 g/mol. The van der Waals surface area contributed by atoms with Crippen LogP contribution in [0.5, 0.6) is 0 Å². The highest BCUT2D eigenvalue weighted by Gasteiger charge is 2.10. The van der Waals surface area contributed by atoms with Gasteiger partial charge in [0.1, 0.15) is 0 Å². The maximum Gasteiger partial charge on any atom is 0.328 e. The molecule has 0 bridgehead atoms. The molecule has 6 heteroatoms. The molecule has 2 heterocycles. The Labute approximate surface area is 109 Å². The zero-order chi connectivity index (χ0) is 14.0. The average Bonchev–Trinajstić information content (AvgIpc) is 2.79. The van der Waals surface area contributed by atoms with Crippen LogP contribution in [0.3, 0.4) is 0 Å². The lowest BCUT2D eigenvalue weighted by Gasteiger charge is -2.05. The Morgan fingerprint density at radius 2 is 2.05 bits per heavy atom. The minimum absolute atomic E-state index is 0.0768. The van der Waals surface area contributed by atoms with E-state index in [0.29, 0.717) is 17.5 Å². The summed E-state index contributed by atoms with van der Waals surface area (Å²) in [4.78, 5) is 37.3. The van der Waals surface area contributed by atoms with Gasteiger partial charge in [-0.15, -0.1) is 0 Å². The number of Topliss-reactive ketones (excluding diaryl/α,β-unsaturated/α-hetero) is 1. The molecule has 0 aliphatic heterocycles. The Morgan fingerprint density at radius 3 is 2.63 bits per heavy atom. The molecular weight excluding hydrogens is 246 g/mol. The van der Waals surface area contributed by atoms with Crippen molar-refractivity contribution in [3.05, 3.63) is 56.6 Å². The monoisotopic (exact) mass is 261 g/mol. The van der Waals surface area contributed by atoms with E-state index < -0.39 is 11.2 Å². The van der Waals surface area contributed by atoms with Gasteiger partial charge >= 0.3 is 5.69 Å². The lowest BCUT2D eigenvalue weighted by Crippen LogP contribution is -2.33. The third-order valence-corrected chi connectivity index (χ3v) is 2.93. The van der Waals surface area contributed by atoms with E-state index in [1.165, 1.54) is 10.8 Å². The fraction of sp³-hybridized carbons (Fsp3) is 0.308. The molecule has 0 radical (unpaired) electrons. The van der Waals surface area contributed by atoms with E-state index >= 15 is 0 Å². The van der Waals surface area contributed by atoms with Gasteiger partial charge < -0.3 is 4.57 Å². The van der Waals surface area contributed by atoms with Crippen LogP contribution in [0.15, 0.2) is 34.2 Å². The minimum Gasteiger partial charge on any atom is -0.357 e. The van der Waals surface area contributed by atoms with Crippen LogP contribution >= 0.6 is 0 Å². The Hall–Kier alpha value is -2.37. The SMILES string of the molecule is CCc1cn(CC(=O)c2ccn(C)c2)c(=O)[nH]c1=O. The number of ketones is 1. The summed E-state index contributed by atoms with van der Waals surface area (Å²) in [7, 11) is 1.82. The summed E-state index contributed by atoms with van der Waals surface area (Å²) in [6, 6.07) is 1.69. The van der Waals surface area contributed by atoms with Crippen molar-refractivity contribution in [1.29, 1.82) is 0 Å². The molecule has 2 aromatic heterocycles. The molecule has 0 aliphatic carbocycles. The van der Waals surface area contributed by atoms with E-state index in [1.54, 1.807) is 23.0 Å². The molecule has 2 rings (SSSR count). The summed E-state index contributed by atoms with van der Waals surface area (Å²) >= 11 is 0. The minimum atomic E-state index is -0.563. The smallest absolute Gasteiger partial charge is 0.328 e. The number of carbonyl (C=O) groups excluding carboxylic acids is 1. The van der Waals surface area contributed by atoms with E-state index in [9.17, 15) is 14.4 Å². The largest absolute Gasteiger partial charge is 0.357 e. The van der Waals surface area contributed by atoms with Crippen LogP contribution in [0.2, 0.25) is 0 Å². The zero-order valence-electron chi connectivity index (χ0n) is 10.8. The first-order valence-corrected chi connectivity index (χ1v) is 5.99. The first-order valence-electron chi connectivity index (χ1n) is 5.99. The van der Waals surface area contributed by atoms with Gasteiger partial charge in [-0.2, -0.15) is 0 Å². The number of aromatic nitrogens is 3. The maximum absolute atomic E-state index is 12.0. The predicted molar refractivity (Wildman–Crippen MR) is 70.4 cm³/mol. The van der Waals surface area contributed by atoms with Crippen LogP contribution < -0.4 is 11.2 Å². The Bertz CT molecular complexity index is 721. The highest BCUT2D eigenvalue weighted by atomic mass is 16.2. The number of carbonyl (C=O) groups is 1. The van der Waals surface area contributed by atoms with Gasteiger partial charge in [-0.05, 0) is 12.5 Å². The van der Waals surface area contributed by atoms with Crippen LogP contribution in [0, 0.1) is 0 Å². The third kappa shape index (κ3) is 2.73. The normalized spacial score (nSPS) is 10.6. The summed E-state index contributed by atoms with van der Waals surface area (Å²) in [5.74, 6) is -0.170. The lowest BCUT2D eigenvalue weighted by atomic mass is 10.2. The quantitative estimate of drug-likeness (QED) is 0.805. The third-order valence-electron chi connectivity index (χ3n) is 2.93. The fourth-order valence-electron chi connectivity index (χ4n) is 1.84. The highest BCUT2D eigenvalue weighted by Crippen LogP contribution is 2.02. The molecule has 0 saturated heterocycles. The fourth-order valence-corrected chi connectivity index (χ4v) is 1.84. The van der Waals surface area contributed by atoms with Crippen molar-refractivity contribution in [1.82, 2.24) is 14.1 Å². The van der Waals surface area contributed by atoms with Gasteiger partial charge in [0, 0.05) is 36.8 Å². The molecule has 19 heavy (non-hydrogen) atoms. The zero-order valence-corrected chi connectivity index (χ0v) is 10.8. The van der Waals surface area contributed by atoms with E-state index in [1.807, 2.05) is 14.0 Å². The van der Waals surface area contributed by atoms with Crippen LogP contribution in [0.1, 0.15) is 22.8 Å². The second-order valence-corrected chi connectivity index (χ2v) is 4.38. The van der Waals surface area contributed by atoms with Crippen molar-refractivity contribution < 1.29 is 4.79 Å². The number of nitrogens with zero attached hydrogens (tertiary/aromatic N) is 2. The van der Waals surface area contributed by atoms with Crippen molar-refractivity contribution in [2.45, 2.75) is 19.9 Å².